The fourth-order valence-corrected chi connectivity index (χ4v) is 4.74. The zero-order valence-corrected chi connectivity index (χ0v) is 16.2. The summed E-state index contributed by atoms with van der Waals surface area (Å²) in [7, 11) is 2.03. The first-order valence-corrected chi connectivity index (χ1v) is 9.56. The number of rotatable bonds is 1. The van der Waals surface area contributed by atoms with E-state index in [-0.39, 0.29) is 24.7 Å². The van der Waals surface area contributed by atoms with Crippen molar-refractivity contribution in [1.29, 1.82) is 0 Å². The monoisotopic (exact) mass is 374 g/mol. The standard InChI is InChI=1S/C23H22N2O3/c1-22(2)17-14-16(25-20(26)10-11-21(25)27)8-9-18(17)24(3)23(22)13-12-15-6-4-5-7-19(15)28-23/h4-9,12-14H,10-11H2,1-3H3. The summed E-state index contributed by atoms with van der Waals surface area (Å²) >= 11 is 0. The smallest absolute Gasteiger partial charge is 0.234 e. The molecule has 0 N–H and O–H groups in total. The summed E-state index contributed by atoms with van der Waals surface area (Å²) in [6.07, 6.45) is 4.79. The van der Waals surface area contributed by atoms with Crippen LogP contribution in [0, 0.1) is 0 Å². The molecule has 0 saturated carbocycles. The summed E-state index contributed by atoms with van der Waals surface area (Å²) in [6.45, 7) is 4.29. The maximum atomic E-state index is 12.2. The predicted molar refractivity (Wildman–Crippen MR) is 108 cm³/mol. The fourth-order valence-electron chi connectivity index (χ4n) is 4.74. The van der Waals surface area contributed by atoms with Crippen LogP contribution in [0.2, 0.25) is 0 Å². The van der Waals surface area contributed by atoms with E-state index in [2.05, 4.69) is 30.9 Å². The minimum absolute atomic E-state index is 0.133. The average molecular weight is 374 g/mol. The zero-order valence-electron chi connectivity index (χ0n) is 16.2. The lowest BCUT2D eigenvalue weighted by atomic mass is 9.76. The number of hydrogen-bond acceptors (Lipinski definition) is 4. The number of nitrogens with zero attached hydrogens (tertiary/aromatic N) is 2. The molecule has 5 nitrogen and oxygen atoms in total. The molecule has 1 unspecified atom stereocenters. The van der Waals surface area contributed by atoms with Crippen molar-refractivity contribution in [3.63, 3.8) is 0 Å². The first-order chi connectivity index (χ1) is 13.3. The summed E-state index contributed by atoms with van der Waals surface area (Å²) in [5, 5.41) is 0. The van der Waals surface area contributed by atoms with E-state index in [4.69, 9.17) is 4.74 Å². The molecule has 142 valence electrons. The lowest BCUT2D eigenvalue weighted by molar-refractivity contribution is -0.121. The predicted octanol–water partition coefficient (Wildman–Crippen LogP) is 3.87. The van der Waals surface area contributed by atoms with Crippen molar-refractivity contribution in [3.8, 4) is 5.75 Å². The van der Waals surface area contributed by atoms with Crippen LogP contribution in [0.25, 0.3) is 6.08 Å². The quantitative estimate of drug-likeness (QED) is 0.711. The Morgan fingerprint density at radius 3 is 2.46 bits per heavy atom. The number of likely N-dealkylation sites (N-methyl/N-ethyl adjacent to an activating group) is 1. The molecular formula is C23H22N2O3. The van der Waals surface area contributed by atoms with Crippen LogP contribution in [-0.2, 0) is 15.0 Å². The van der Waals surface area contributed by atoms with Crippen LogP contribution >= 0.6 is 0 Å². The number of anilines is 2. The molecule has 2 amide bonds. The molecule has 5 rings (SSSR count). The summed E-state index contributed by atoms with van der Waals surface area (Å²) in [4.78, 5) is 27.9. The van der Waals surface area contributed by atoms with E-state index in [1.807, 2.05) is 49.5 Å². The van der Waals surface area contributed by atoms with Gasteiger partial charge in [0.2, 0.25) is 17.5 Å². The minimum Gasteiger partial charge on any atom is -0.463 e. The average Bonchev–Trinajstić information content (AvgIpc) is 3.10. The summed E-state index contributed by atoms with van der Waals surface area (Å²) in [6, 6.07) is 13.8. The summed E-state index contributed by atoms with van der Waals surface area (Å²) in [5.74, 6) is 0.584. The molecule has 1 fully saturated rings. The molecule has 3 aliphatic heterocycles. The maximum absolute atomic E-state index is 12.2. The van der Waals surface area contributed by atoms with Gasteiger partial charge in [-0.2, -0.15) is 0 Å². The Morgan fingerprint density at radius 2 is 1.71 bits per heavy atom. The maximum Gasteiger partial charge on any atom is 0.234 e. The number of imide groups is 1. The van der Waals surface area contributed by atoms with E-state index in [9.17, 15) is 9.59 Å². The van der Waals surface area contributed by atoms with Gasteiger partial charge in [0.1, 0.15) is 5.75 Å². The second-order valence-electron chi connectivity index (χ2n) is 8.18. The molecule has 3 aliphatic rings. The fraction of sp³-hybridized carbons (Fsp3) is 0.304. The number of carbonyl (C=O) groups is 2. The molecule has 28 heavy (non-hydrogen) atoms. The van der Waals surface area contributed by atoms with Crippen LogP contribution in [-0.4, -0.2) is 24.6 Å². The summed E-state index contributed by atoms with van der Waals surface area (Å²) < 4.78 is 6.59. The van der Waals surface area contributed by atoms with Gasteiger partial charge in [-0.05, 0) is 55.8 Å². The second-order valence-corrected chi connectivity index (χ2v) is 8.18. The zero-order chi connectivity index (χ0) is 19.7. The van der Waals surface area contributed by atoms with Crippen molar-refractivity contribution in [3.05, 3.63) is 59.7 Å². The van der Waals surface area contributed by atoms with Gasteiger partial charge in [-0.15, -0.1) is 0 Å². The molecule has 1 spiro atoms. The first kappa shape index (κ1) is 17.0. The number of hydrogen-bond donors (Lipinski definition) is 0. The third-order valence-corrected chi connectivity index (χ3v) is 6.39. The van der Waals surface area contributed by atoms with Crippen molar-refractivity contribution >= 4 is 29.3 Å². The van der Waals surface area contributed by atoms with Gasteiger partial charge in [-0.3, -0.25) is 14.5 Å². The topological polar surface area (TPSA) is 49.9 Å². The van der Waals surface area contributed by atoms with Crippen molar-refractivity contribution < 1.29 is 14.3 Å². The minimum atomic E-state index is -0.679. The van der Waals surface area contributed by atoms with E-state index in [0.717, 1.165) is 22.6 Å². The van der Waals surface area contributed by atoms with Crippen molar-refractivity contribution in [1.82, 2.24) is 0 Å². The van der Waals surface area contributed by atoms with E-state index < -0.39 is 11.1 Å². The molecule has 0 aliphatic carbocycles. The van der Waals surface area contributed by atoms with Crippen LogP contribution < -0.4 is 14.5 Å². The number of ether oxygens (including phenoxy) is 1. The van der Waals surface area contributed by atoms with Crippen molar-refractivity contribution in [2.45, 2.75) is 37.8 Å². The molecule has 3 heterocycles. The Kier molecular flexibility index (Phi) is 3.33. The number of benzene rings is 2. The molecule has 1 atom stereocenters. The lowest BCUT2D eigenvalue weighted by Gasteiger charge is -2.45. The second kappa shape index (κ2) is 5.47. The van der Waals surface area contributed by atoms with Crippen LogP contribution in [0.4, 0.5) is 11.4 Å². The highest BCUT2D eigenvalue weighted by Crippen LogP contribution is 2.55. The molecule has 1 saturated heterocycles. The van der Waals surface area contributed by atoms with Gasteiger partial charge in [0.15, 0.2) is 0 Å². The van der Waals surface area contributed by atoms with Gasteiger partial charge in [-0.1, -0.05) is 18.2 Å². The third-order valence-electron chi connectivity index (χ3n) is 6.39. The Hall–Kier alpha value is -3.08. The Balaban J connectivity index is 1.62. The number of fused-ring (bicyclic) bond motifs is 2. The number of para-hydroxylation sites is 1. The molecule has 2 aromatic rings. The van der Waals surface area contributed by atoms with Crippen LogP contribution in [0.5, 0.6) is 5.75 Å². The molecule has 0 radical (unpaired) electrons. The highest BCUT2D eigenvalue weighted by Gasteiger charge is 2.57. The van der Waals surface area contributed by atoms with Crippen molar-refractivity contribution in [2.24, 2.45) is 0 Å². The van der Waals surface area contributed by atoms with Crippen LogP contribution in [0.15, 0.2) is 48.5 Å². The van der Waals surface area contributed by atoms with Gasteiger partial charge >= 0.3 is 0 Å². The SMILES string of the molecule is CN1c2ccc(N3C(=O)CCC3=O)cc2C(C)(C)C12C=Cc1ccccc1O2. The van der Waals surface area contributed by atoms with E-state index >= 15 is 0 Å². The van der Waals surface area contributed by atoms with E-state index in [1.165, 1.54) is 4.90 Å². The molecular weight excluding hydrogens is 352 g/mol. The molecule has 0 aromatic heterocycles. The van der Waals surface area contributed by atoms with Gasteiger partial charge in [0.05, 0.1) is 11.1 Å². The van der Waals surface area contributed by atoms with Gasteiger partial charge in [0, 0.05) is 31.1 Å². The van der Waals surface area contributed by atoms with Gasteiger partial charge in [-0.25, -0.2) is 0 Å². The van der Waals surface area contributed by atoms with Crippen LogP contribution in [0.3, 0.4) is 0 Å². The third kappa shape index (κ3) is 2.02. The Labute approximate surface area is 164 Å². The highest BCUT2D eigenvalue weighted by molar-refractivity contribution is 6.20. The van der Waals surface area contributed by atoms with E-state index in [0.29, 0.717) is 5.69 Å². The summed E-state index contributed by atoms with van der Waals surface area (Å²) in [5.41, 5.74) is 2.72. The Bertz CT molecular complexity index is 1040. The number of carbonyl (C=O) groups excluding carboxylic acids is 2. The molecule has 2 aromatic carbocycles. The van der Waals surface area contributed by atoms with Gasteiger partial charge in [0.25, 0.3) is 0 Å². The largest absolute Gasteiger partial charge is 0.463 e. The molecule has 5 heteroatoms. The molecule has 0 bridgehead atoms. The van der Waals surface area contributed by atoms with E-state index in [1.54, 1.807) is 0 Å². The normalized spacial score (nSPS) is 24.5. The number of amides is 2. The highest BCUT2D eigenvalue weighted by atomic mass is 16.5. The Morgan fingerprint density at radius 1 is 1.00 bits per heavy atom. The van der Waals surface area contributed by atoms with Crippen LogP contribution in [0.1, 0.15) is 37.8 Å². The van der Waals surface area contributed by atoms with Gasteiger partial charge < -0.3 is 9.64 Å². The first-order valence-electron chi connectivity index (χ1n) is 9.56. The van der Waals surface area contributed by atoms with Crippen molar-refractivity contribution in [2.75, 3.05) is 16.8 Å². The lowest BCUT2D eigenvalue weighted by Crippen LogP contribution is -2.58.